The second-order valence-electron chi connectivity index (χ2n) is 4.26. The van der Waals surface area contributed by atoms with E-state index >= 15 is 0 Å². The van der Waals surface area contributed by atoms with Gasteiger partial charge in [0.1, 0.15) is 0 Å². The van der Waals surface area contributed by atoms with Crippen molar-refractivity contribution in [2.75, 3.05) is 26.3 Å². The molecule has 0 radical (unpaired) electrons. The predicted octanol–water partition coefficient (Wildman–Crippen LogP) is -0.0274. The molecule has 4 nitrogen and oxygen atoms in total. The first-order valence-electron chi connectivity index (χ1n) is 5.39. The Morgan fingerprint density at radius 1 is 1.50 bits per heavy atom. The van der Waals surface area contributed by atoms with Crippen molar-refractivity contribution in [2.45, 2.75) is 25.3 Å². The van der Waals surface area contributed by atoms with E-state index in [9.17, 15) is 4.79 Å². The molecule has 2 aliphatic heterocycles. The minimum atomic E-state index is -0.258. The number of rotatable bonds is 2. The standard InChI is InChI=1S/C10H18N2O2/c11-9-2-1-4-12(10(9)13)6-8-3-5-14-7-8/h8-9H,1-7,11H2. The summed E-state index contributed by atoms with van der Waals surface area (Å²) in [7, 11) is 0. The Morgan fingerprint density at radius 2 is 2.36 bits per heavy atom. The van der Waals surface area contributed by atoms with Crippen LogP contribution in [0.15, 0.2) is 0 Å². The monoisotopic (exact) mass is 198 g/mol. The summed E-state index contributed by atoms with van der Waals surface area (Å²) in [4.78, 5) is 13.6. The largest absolute Gasteiger partial charge is 0.381 e. The first kappa shape index (κ1) is 9.93. The number of ether oxygens (including phenoxy) is 1. The third-order valence-corrected chi connectivity index (χ3v) is 3.07. The van der Waals surface area contributed by atoms with Crippen molar-refractivity contribution in [1.29, 1.82) is 0 Å². The first-order valence-corrected chi connectivity index (χ1v) is 5.39. The maximum atomic E-state index is 11.7. The molecule has 80 valence electrons. The molecule has 2 rings (SSSR count). The number of nitrogens with zero attached hydrogens (tertiary/aromatic N) is 1. The minimum absolute atomic E-state index is 0.128. The van der Waals surface area contributed by atoms with Gasteiger partial charge >= 0.3 is 0 Å². The van der Waals surface area contributed by atoms with Crippen LogP contribution >= 0.6 is 0 Å². The molecule has 0 spiro atoms. The van der Waals surface area contributed by atoms with Crippen molar-refractivity contribution in [3.05, 3.63) is 0 Å². The number of piperidine rings is 1. The fourth-order valence-electron chi connectivity index (χ4n) is 2.19. The molecule has 2 atom stereocenters. The van der Waals surface area contributed by atoms with Crippen LogP contribution in [0.1, 0.15) is 19.3 Å². The topological polar surface area (TPSA) is 55.6 Å². The number of amides is 1. The van der Waals surface area contributed by atoms with Gasteiger partial charge in [0, 0.05) is 25.6 Å². The zero-order valence-electron chi connectivity index (χ0n) is 8.45. The smallest absolute Gasteiger partial charge is 0.239 e. The molecule has 1 amide bonds. The van der Waals surface area contributed by atoms with Gasteiger partial charge < -0.3 is 15.4 Å². The van der Waals surface area contributed by atoms with E-state index in [4.69, 9.17) is 10.5 Å². The fraction of sp³-hybridized carbons (Fsp3) is 0.900. The second kappa shape index (κ2) is 4.28. The maximum absolute atomic E-state index is 11.7. The quantitative estimate of drug-likeness (QED) is 0.678. The molecule has 4 heteroatoms. The van der Waals surface area contributed by atoms with Gasteiger partial charge in [-0.1, -0.05) is 0 Å². The number of carbonyl (C=O) groups is 1. The Hall–Kier alpha value is -0.610. The zero-order chi connectivity index (χ0) is 9.97. The zero-order valence-corrected chi connectivity index (χ0v) is 8.45. The van der Waals surface area contributed by atoms with Gasteiger partial charge in [0.2, 0.25) is 5.91 Å². The van der Waals surface area contributed by atoms with Gasteiger partial charge in [0.05, 0.1) is 12.6 Å². The number of hydrogen-bond donors (Lipinski definition) is 1. The highest BCUT2D eigenvalue weighted by Gasteiger charge is 2.28. The summed E-state index contributed by atoms with van der Waals surface area (Å²) in [5, 5.41) is 0. The Morgan fingerprint density at radius 3 is 3.07 bits per heavy atom. The molecular weight excluding hydrogens is 180 g/mol. The summed E-state index contributed by atoms with van der Waals surface area (Å²) < 4.78 is 5.29. The molecule has 2 fully saturated rings. The number of likely N-dealkylation sites (tertiary alicyclic amines) is 1. The van der Waals surface area contributed by atoms with Crippen molar-refractivity contribution < 1.29 is 9.53 Å². The van der Waals surface area contributed by atoms with Crippen LogP contribution in [0.25, 0.3) is 0 Å². The molecule has 2 saturated heterocycles. The van der Waals surface area contributed by atoms with Crippen LogP contribution in [0.3, 0.4) is 0 Å². The van der Waals surface area contributed by atoms with Crippen LogP contribution in [-0.2, 0) is 9.53 Å². The fourth-order valence-corrected chi connectivity index (χ4v) is 2.19. The Kier molecular flexibility index (Phi) is 3.03. The van der Waals surface area contributed by atoms with E-state index in [-0.39, 0.29) is 11.9 Å². The molecule has 0 aromatic carbocycles. The molecule has 0 bridgehead atoms. The lowest BCUT2D eigenvalue weighted by atomic mass is 10.0. The second-order valence-corrected chi connectivity index (χ2v) is 4.26. The molecule has 0 aromatic heterocycles. The lowest BCUT2D eigenvalue weighted by Crippen LogP contribution is -2.49. The predicted molar refractivity (Wildman–Crippen MR) is 52.7 cm³/mol. The van der Waals surface area contributed by atoms with E-state index < -0.39 is 0 Å². The van der Waals surface area contributed by atoms with Crippen LogP contribution in [0, 0.1) is 5.92 Å². The van der Waals surface area contributed by atoms with Gasteiger partial charge in [-0.05, 0) is 19.3 Å². The summed E-state index contributed by atoms with van der Waals surface area (Å²) >= 11 is 0. The highest BCUT2D eigenvalue weighted by atomic mass is 16.5. The first-order chi connectivity index (χ1) is 6.77. The van der Waals surface area contributed by atoms with Gasteiger partial charge in [0.15, 0.2) is 0 Å². The van der Waals surface area contributed by atoms with E-state index in [2.05, 4.69) is 0 Å². The van der Waals surface area contributed by atoms with E-state index in [0.29, 0.717) is 5.92 Å². The molecule has 2 unspecified atom stereocenters. The lowest BCUT2D eigenvalue weighted by Gasteiger charge is -2.32. The van der Waals surface area contributed by atoms with E-state index in [1.54, 1.807) is 0 Å². The molecule has 2 heterocycles. The summed E-state index contributed by atoms with van der Waals surface area (Å²) in [6.07, 6.45) is 2.97. The average molecular weight is 198 g/mol. The van der Waals surface area contributed by atoms with Crippen molar-refractivity contribution in [3.8, 4) is 0 Å². The Balaban J connectivity index is 1.86. The number of carbonyl (C=O) groups excluding carboxylic acids is 1. The van der Waals surface area contributed by atoms with Gasteiger partial charge in [-0.3, -0.25) is 4.79 Å². The van der Waals surface area contributed by atoms with Crippen LogP contribution in [0.5, 0.6) is 0 Å². The average Bonchev–Trinajstić information content (AvgIpc) is 2.66. The SMILES string of the molecule is NC1CCCN(CC2CCOC2)C1=O. The van der Waals surface area contributed by atoms with Gasteiger partial charge in [-0.15, -0.1) is 0 Å². The number of hydrogen-bond acceptors (Lipinski definition) is 3. The summed E-state index contributed by atoms with van der Waals surface area (Å²) in [6, 6.07) is -0.258. The molecular formula is C10H18N2O2. The lowest BCUT2D eigenvalue weighted by molar-refractivity contribution is -0.135. The van der Waals surface area contributed by atoms with Crippen molar-refractivity contribution in [2.24, 2.45) is 11.7 Å². The molecule has 14 heavy (non-hydrogen) atoms. The van der Waals surface area contributed by atoms with Crippen molar-refractivity contribution in [1.82, 2.24) is 4.90 Å². The minimum Gasteiger partial charge on any atom is -0.381 e. The Bertz CT molecular complexity index is 214. The van der Waals surface area contributed by atoms with Crippen LogP contribution in [0.4, 0.5) is 0 Å². The Labute approximate surface area is 84.4 Å². The van der Waals surface area contributed by atoms with Gasteiger partial charge in [-0.2, -0.15) is 0 Å². The number of nitrogens with two attached hydrogens (primary N) is 1. The van der Waals surface area contributed by atoms with Crippen LogP contribution in [-0.4, -0.2) is 43.2 Å². The summed E-state index contributed by atoms with van der Waals surface area (Å²) in [5.74, 6) is 0.660. The van der Waals surface area contributed by atoms with Crippen molar-refractivity contribution in [3.63, 3.8) is 0 Å². The summed E-state index contributed by atoms with van der Waals surface area (Å²) in [5.41, 5.74) is 5.72. The molecule has 2 N–H and O–H groups in total. The normalized spacial score (nSPS) is 33.8. The third-order valence-electron chi connectivity index (χ3n) is 3.07. The van der Waals surface area contributed by atoms with E-state index in [0.717, 1.165) is 45.6 Å². The van der Waals surface area contributed by atoms with Crippen LogP contribution in [0.2, 0.25) is 0 Å². The molecule has 2 aliphatic rings. The summed E-state index contributed by atoms with van der Waals surface area (Å²) in [6.45, 7) is 3.37. The molecule has 0 aromatic rings. The van der Waals surface area contributed by atoms with Crippen LogP contribution < -0.4 is 5.73 Å². The van der Waals surface area contributed by atoms with Gasteiger partial charge in [0.25, 0.3) is 0 Å². The highest BCUT2D eigenvalue weighted by molar-refractivity contribution is 5.82. The van der Waals surface area contributed by atoms with Crippen molar-refractivity contribution >= 4 is 5.91 Å². The third kappa shape index (κ3) is 2.07. The van der Waals surface area contributed by atoms with E-state index in [1.165, 1.54) is 0 Å². The highest BCUT2D eigenvalue weighted by Crippen LogP contribution is 2.17. The molecule has 0 aliphatic carbocycles. The van der Waals surface area contributed by atoms with Gasteiger partial charge in [-0.25, -0.2) is 0 Å². The molecule has 0 saturated carbocycles. The van der Waals surface area contributed by atoms with E-state index in [1.807, 2.05) is 4.90 Å². The maximum Gasteiger partial charge on any atom is 0.239 e.